The normalized spacial score (nSPS) is 15.0. The highest BCUT2D eigenvalue weighted by Gasteiger charge is 2.16. The number of nitrogens with one attached hydrogen (secondary N) is 1. The Hall–Kier alpha value is -1.43. The minimum absolute atomic E-state index is 0.0520. The second-order valence-corrected chi connectivity index (χ2v) is 6.88. The number of hydrogen-bond donors (Lipinski definition) is 1. The van der Waals surface area contributed by atoms with Crippen LogP contribution < -0.4 is 15.6 Å². The Morgan fingerprint density at radius 2 is 2.14 bits per heavy atom. The van der Waals surface area contributed by atoms with Crippen LogP contribution in [-0.4, -0.2) is 35.1 Å². The van der Waals surface area contributed by atoms with Crippen molar-refractivity contribution in [1.82, 2.24) is 9.88 Å². The lowest BCUT2D eigenvalue weighted by Gasteiger charge is -2.12. The molecule has 5 nitrogen and oxygen atoms in total. The van der Waals surface area contributed by atoms with E-state index >= 15 is 0 Å². The summed E-state index contributed by atoms with van der Waals surface area (Å²) in [5.41, 5.74) is 0.727. The van der Waals surface area contributed by atoms with Crippen molar-refractivity contribution in [2.75, 3.05) is 19.4 Å². The highest BCUT2D eigenvalue weighted by atomic mass is 32.2. The number of ether oxygens (including phenoxy) is 1. The maximum absolute atomic E-state index is 12.0. The van der Waals surface area contributed by atoms with Crippen LogP contribution >= 0.6 is 11.8 Å². The van der Waals surface area contributed by atoms with Gasteiger partial charge >= 0.3 is 0 Å². The van der Waals surface area contributed by atoms with Gasteiger partial charge in [-0.15, -0.1) is 11.8 Å². The van der Waals surface area contributed by atoms with Crippen LogP contribution in [0.5, 0.6) is 5.75 Å². The molecule has 2 rings (SSSR count). The molecule has 0 radical (unpaired) electrons. The van der Waals surface area contributed by atoms with Gasteiger partial charge in [-0.1, -0.05) is 12.8 Å². The van der Waals surface area contributed by atoms with Gasteiger partial charge in [-0.05, 0) is 25.8 Å². The summed E-state index contributed by atoms with van der Waals surface area (Å²) < 4.78 is 6.71. The Balaban J connectivity index is 1.76. The van der Waals surface area contributed by atoms with E-state index in [0.29, 0.717) is 29.8 Å². The van der Waals surface area contributed by atoms with Crippen molar-refractivity contribution in [3.8, 4) is 5.75 Å². The summed E-state index contributed by atoms with van der Waals surface area (Å²) in [6.45, 7) is 2.81. The van der Waals surface area contributed by atoms with Crippen molar-refractivity contribution in [2.45, 2.75) is 44.4 Å². The molecule has 1 aromatic rings. The molecule has 0 unspecified atom stereocenters. The zero-order chi connectivity index (χ0) is 15.9. The molecule has 1 saturated carbocycles. The number of amides is 1. The number of thioether (sulfide) groups is 1. The van der Waals surface area contributed by atoms with Gasteiger partial charge in [0, 0.05) is 30.1 Å². The Labute approximate surface area is 135 Å². The van der Waals surface area contributed by atoms with Gasteiger partial charge in [0.15, 0.2) is 0 Å². The lowest BCUT2D eigenvalue weighted by Crippen LogP contribution is -2.32. The molecule has 1 heterocycles. The zero-order valence-electron chi connectivity index (χ0n) is 13.3. The topological polar surface area (TPSA) is 60.3 Å². The summed E-state index contributed by atoms with van der Waals surface area (Å²) in [7, 11) is 1.54. The second-order valence-electron chi connectivity index (χ2n) is 5.59. The maximum Gasteiger partial charge on any atom is 0.254 e. The fourth-order valence-corrected chi connectivity index (χ4v) is 3.87. The van der Waals surface area contributed by atoms with Crippen molar-refractivity contribution < 1.29 is 9.53 Å². The number of hydrogen-bond acceptors (Lipinski definition) is 4. The monoisotopic (exact) mass is 324 g/mol. The SMILES string of the molecule is COc1cc(C)n(CCNC(=O)CSC2CCCC2)c(=O)c1. The summed E-state index contributed by atoms with van der Waals surface area (Å²) in [5, 5.41) is 3.54. The van der Waals surface area contributed by atoms with Gasteiger partial charge in [-0.3, -0.25) is 9.59 Å². The Morgan fingerprint density at radius 3 is 2.77 bits per heavy atom. The van der Waals surface area contributed by atoms with Crippen LogP contribution in [0.2, 0.25) is 0 Å². The Morgan fingerprint density at radius 1 is 1.41 bits per heavy atom. The number of nitrogens with zero attached hydrogens (tertiary/aromatic N) is 1. The predicted octanol–water partition coefficient (Wildman–Crippen LogP) is 1.96. The Bertz CT molecular complexity index is 565. The molecule has 1 aromatic heterocycles. The van der Waals surface area contributed by atoms with Gasteiger partial charge < -0.3 is 14.6 Å². The van der Waals surface area contributed by atoms with E-state index in [1.165, 1.54) is 31.7 Å². The molecule has 0 atom stereocenters. The first-order valence-electron chi connectivity index (χ1n) is 7.74. The fraction of sp³-hybridized carbons (Fsp3) is 0.625. The summed E-state index contributed by atoms with van der Waals surface area (Å²) in [6, 6.07) is 3.28. The van der Waals surface area contributed by atoms with Crippen LogP contribution in [0.1, 0.15) is 31.4 Å². The van der Waals surface area contributed by atoms with Gasteiger partial charge in [0.1, 0.15) is 5.75 Å². The van der Waals surface area contributed by atoms with E-state index < -0.39 is 0 Å². The molecule has 0 saturated heterocycles. The predicted molar refractivity (Wildman–Crippen MR) is 89.7 cm³/mol. The van der Waals surface area contributed by atoms with Gasteiger partial charge in [-0.25, -0.2) is 0 Å². The molecule has 0 bridgehead atoms. The largest absolute Gasteiger partial charge is 0.496 e. The molecule has 1 amide bonds. The van der Waals surface area contributed by atoms with E-state index in [9.17, 15) is 9.59 Å². The molecule has 1 aliphatic carbocycles. The number of rotatable bonds is 7. The summed E-state index contributed by atoms with van der Waals surface area (Å²) in [5.74, 6) is 1.13. The van der Waals surface area contributed by atoms with Gasteiger partial charge in [0.25, 0.3) is 5.56 Å². The van der Waals surface area contributed by atoms with Crippen LogP contribution in [0.3, 0.4) is 0 Å². The van der Waals surface area contributed by atoms with Crippen LogP contribution in [-0.2, 0) is 11.3 Å². The fourth-order valence-electron chi connectivity index (χ4n) is 2.71. The first-order chi connectivity index (χ1) is 10.6. The van der Waals surface area contributed by atoms with E-state index in [1.54, 1.807) is 23.4 Å². The highest BCUT2D eigenvalue weighted by molar-refractivity contribution is 8.00. The van der Waals surface area contributed by atoms with Crippen LogP contribution in [0.4, 0.5) is 0 Å². The molecule has 0 aromatic carbocycles. The number of aryl methyl sites for hydroxylation is 1. The molecule has 1 N–H and O–H groups in total. The average Bonchev–Trinajstić information content (AvgIpc) is 3.01. The van der Waals surface area contributed by atoms with Crippen LogP contribution in [0, 0.1) is 6.92 Å². The van der Waals surface area contributed by atoms with E-state index in [-0.39, 0.29) is 11.5 Å². The van der Waals surface area contributed by atoms with Crippen LogP contribution in [0.15, 0.2) is 16.9 Å². The van der Waals surface area contributed by atoms with Gasteiger partial charge in [0.2, 0.25) is 5.91 Å². The molecule has 0 aliphatic heterocycles. The van der Waals surface area contributed by atoms with Crippen molar-refractivity contribution >= 4 is 17.7 Å². The molecule has 6 heteroatoms. The minimum atomic E-state index is -0.105. The maximum atomic E-state index is 12.0. The lowest BCUT2D eigenvalue weighted by atomic mass is 10.3. The first-order valence-corrected chi connectivity index (χ1v) is 8.79. The average molecular weight is 324 g/mol. The summed E-state index contributed by atoms with van der Waals surface area (Å²) >= 11 is 1.75. The van der Waals surface area contributed by atoms with Crippen molar-refractivity contribution in [2.24, 2.45) is 0 Å². The number of carbonyl (C=O) groups excluding carboxylic acids is 1. The zero-order valence-corrected chi connectivity index (χ0v) is 14.1. The Kier molecular flexibility index (Phi) is 6.36. The molecular weight excluding hydrogens is 300 g/mol. The van der Waals surface area contributed by atoms with Crippen molar-refractivity contribution in [3.05, 3.63) is 28.2 Å². The van der Waals surface area contributed by atoms with Crippen LogP contribution in [0.25, 0.3) is 0 Å². The molecule has 1 aliphatic rings. The van der Waals surface area contributed by atoms with Gasteiger partial charge in [-0.2, -0.15) is 0 Å². The number of methoxy groups -OCH3 is 1. The lowest BCUT2D eigenvalue weighted by molar-refractivity contribution is -0.118. The molecule has 1 fully saturated rings. The number of carbonyl (C=O) groups is 1. The standard InChI is InChI=1S/C16H24N2O3S/c1-12-9-13(21-2)10-16(20)18(12)8-7-17-15(19)11-22-14-5-3-4-6-14/h9-10,14H,3-8,11H2,1-2H3,(H,17,19). The second kappa shape index (κ2) is 8.27. The van der Waals surface area contributed by atoms with E-state index in [2.05, 4.69) is 5.32 Å². The quantitative estimate of drug-likeness (QED) is 0.833. The molecule has 0 spiro atoms. The smallest absolute Gasteiger partial charge is 0.254 e. The van der Waals surface area contributed by atoms with Gasteiger partial charge in [0.05, 0.1) is 12.9 Å². The third-order valence-electron chi connectivity index (χ3n) is 3.95. The highest BCUT2D eigenvalue weighted by Crippen LogP contribution is 2.28. The number of pyridine rings is 1. The number of aromatic nitrogens is 1. The molecular formula is C16H24N2O3S. The third kappa shape index (κ3) is 4.80. The van der Waals surface area contributed by atoms with Crippen molar-refractivity contribution in [1.29, 1.82) is 0 Å². The van der Waals surface area contributed by atoms with Crippen molar-refractivity contribution in [3.63, 3.8) is 0 Å². The third-order valence-corrected chi connectivity index (χ3v) is 5.33. The molecule has 122 valence electrons. The molecule has 22 heavy (non-hydrogen) atoms. The van der Waals surface area contributed by atoms with E-state index in [4.69, 9.17) is 4.74 Å². The minimum Gasteiger partial charge on any atom is -0.496 e. The summed E-state index contributed by atoms with van der Waals surface area (Å²) in [6.07, 6.45) is 5.05. The van der Waals surface area contributed by atoms with E-state index in [1.807, 2.05) is 13.0 Å². The van der Waals surface area contributed by atoms with E-state index in [0.717, 1.165) is 5.69 Å². The first kappa shape index (κ1) is 16.9. The summed E-state index contributed by atoms with van der Waals surface area (Å²) in [4.78, 5) is 23.8.